The minimum atomic E-state index is 0.00926. The zero-order valence-corrected chi connectivity index (χ0v) is 7.88. The van der Waals surface area contributed by atoms with Crippen LogP contribution in [0.4, 0.5) is 0 Å². The van der Waals surface area contributed by atoms with Crippen molar-refractivity contribution in [2.24, 2.45) is 0 Å². The monoisotopic (exact) mass is 203 g/mol. The molecule has 56 valence electrons. The third kappa shape index (κ3) is 1.37. The molecule has 1 rings (SSSR count). The number of hydrogen-bond donors (Lipinski definition) is 0. The second-order valence-electron chi connectivity index (χ2n) is 3.11. The van der Waals surface area contributed by atoms with Crippen LogP contribution in [0.15, 0.2) is 11.1 Å². The Morgan fingerprint density at radius 1 is 1.50 bits per heavy atom. The standard InChI is InChI=1S/C6H10BrN3/c1-6(2,3)10-5(7)8-4-9-10/h4H,1-3H3. The number of nitrogens with zero attached hydrogens (tertiary/aromatic N) is 3. The Hall–Kier alpha value is -0.380. The molecule has 1 heterocycles. The number of hydrogen-bond acceptors (Lipinski definition) is 2. The molecule has 0 aliphatic carbocycles. The lowest BCUT2D eigenvalue weighted by molar-refractivity contribution is 0.347. The lowest BCUT2D eigenvalue weighted by Crippen LogP contribution is -2.23. The van der Waals surface area contributed by atoms with E-state index >= 15 is 0 Å². The molecule has 0 aliphatic heterocycles. The molecule has 0 N–H and O–H groups in total. The fourth-order valence-corrected chi connectivity index (χ4v) is 1.39. The van der Waals surface area contributed by atoms with Gasteiger partial charge in [-0.05, 0) is 36.7 Å². The van der Waals surface area contributed by atoms with Crippen molar-refractivity contribution >= 4 is 15.9 Å². The van der Waals surface area contributed by atoms with Crippen molar-refractivity contribution in [3.63, 3.8) is 0 Å². The normalized spacial score (nSPS) is 12.0. The first-order chi connectivity index (χ1) is 4.52. The minimum Gasteiger partial charge on any atom is -0.235 e. The summed E-state index contributed by atoms with van der Waals surface area (Å²) < 4.78 is 2.60. The van der Waals surface area contributed by atoms with Crippen LogP contribution >= 0.6 is 15.9 Å². The van der Waals surface area contributed by atoms with Crippen LogP contribution in [0.2, 0.25) is 0 Å². The van der Waals surface area contributed by atoms with Crippen LogP contribution in [-0.4, -0.2) is 14.8 Å². The van der Waals surface area contributed by atoms with Gasteiger partial charge in [0.15, 0.2) is 4.73 Å². The number of aromatic nitrogens is 3. The van der Waals surface area contributed by atoms with E-state index in [1.54, 1.807) is 0 Å². The third-order valence-electron chi connectivity index (χ3n) is 1.14. The van der Waals surface area contributed by atoms with Crippen molar-refractivity contribution in [2.45, 2.75) is 26.3 Å². The van der Waals surface area contributed by atoms with Crippen molar-refractivity contribution in [2.75, 3.05) is 0 Å². The highest BCUT2D eigenvalue weighted by atomic mass is 79.9. The zero-order chi connectivity index (χ0) is 7.78. The summed E-state index contributed by atoms with van der Waals surface area (Å²) >= 11 is 3.29. The Morgan fingerprint density at radius 3 is 2.30 bits per heavy atom. The highest BCUT2D eigenvalue weighted by Crippen LogP contribution is 2.16. The van der Waals surface area contributed by atoms with Crippen LogP contribution in [0.5, 0.6) is 0 Å². The molecule has 0 atom stereocenters. The molecular formula is C6H10BrN3. The Bertz CT molecular complexity index is 223. The molecule has 0 fully saturated rings. The summed E-state index contributed by atoms with van der Waals surface area (Å²) in [6.45, 7) is 6.23. The molecule has 1 aromatic heterocycles. The van der Waals surface area contributed by atoms with Gasteiger partial charge in [-0.2, -0.15) is 5.10 Å². The molecule has 0 unspecified atom stereocenters. The maximum Gasteiger partial charge on any atom is 0.195 e. The van der Waals surface area contributed by atoms with Gasteiger partial charge in [0.25, 0.3) is 0 Å². The predicted molar refractivity (Wildman–Crippen MR) is 42.7 cm³/mol. The van der Waals surface area contributed by atoms with E-state index in [2.05, 4.69) is 46.8 Å². The quantitative estimate of drug-likeness (QED) is 0.645. The van der Waals surface area contributed by atoms with E-state index in [-0.39, 0.29) is 5.54 Å². The van der Waals surface area contributed by atoms with Crippen molar-refractivity contribution in [3.8, 4) is 0 Å². The van der Waals surface area contributed by atoms with Gasteiger partial charge in [-0.15, -0.1) is 0 Å². The van der Waals surface area contributed by atoms with Gasteiger partial charge in [0.05, 0.1) is 5.54 Å². The molecule has 0 radical (unpaired) electrons. The van der Waals surface area contributed by atoms with E-state index in [1.807, 2.05) is 4.68 Å². The average Bonchev–Trinajstić information content (AvgIpc) is 2.11. The largest absolute Gasteiger partial charge is 0.235 e. The van der Waals surface area contributed by atoms with Gasteiger partial charge >= 0.3 is 0 Å². The smallest absolute Gasteiger partial charge is 0.195 e. The molecule has 1 aromatic rings. The Labute approximate surface area is 68.6 Å². The van der Waals surface area contributed by atoms with Gasteiger partial charge in [-0.25, -0.2) is 9.67 Å². The molecule has 0 spiro atoms. The fraction of sp³-hybridized carbons (Fsp3) is 0.667. The van der Waals surface area contributed by atoms with Crippen molar-refractivity contribution in [1.82, 2.24) is 14.8 Å². The van der Waals surface area contributed by atoms with E-state index in [0.717, 1.165) is 4.73 Å². The van der Waals surface area contributed by atoms with E-state index < -0.39 is 0 Å². The highest BCUT2D eigenvalue weighted by molar-refractivity contribution is 9.10. The van der Waals surface area contributed by atoms with E-state index in [9.17, 15) is 0 Å². The topological polar surface area (TPSA) is 30.7 Å². The zero-order valence-electron chi connectivity index (χ0n) is 6.30. The Balaban J connectivity index is 3.05. The van der Waals surface area contributed by atoms with Crippen LogP contribution in [0.25, 0.3) is 0 Å². The first-order valence-corrected chi connectivity index (χ1v) is 3.87. The molecule has 10 heavy (non-hydrogen) atoms. The van der Waals surface area contributed by atoms with Crippen LogP contribution in [0, 0.1) is 0 Å². The summed E-state index contributed by atoms with van der Waals surface area (Å²) in [5.41, 5.74) is 0.00926. The number of rotatable bonds is 0. The lowest BCUT2D eigenvalue weighted by Gasteiger charge is -2.18. The van der Waals surface area contributed by atoms with Gasteiger partial charge in [0, 0.05) is 0 Å². The predicted octanol–water partition coefficient (Wildman–Crippen LogP) is 1.80. The molecule has 0 bridgehead atoms. The van der Waals surface area contributed by atoms with Gasteiger partial charge in [0.2, 0.25) is 0 Å². The van der Waals surface area contributed by atoms with Crippen molar-refractivity contribution < 1.29 is 0 Å². The first kappa shape index (κ1) is 7.72. The summed E-state index contributed by atoms with van der Waals surface area (Å²) in [6, 6.07) is 0. The van der Waals surface area contributed by atoms with Gasteiger partial charge in [-0.1, -0.05) is 0 Å². The molecule has 0 saturated heterocycles. The van der Waals surface area contributed by atoms with Crippen molar-refractivity contribution in [3.05, 3.63) is 11.1 Å². The van der Waals surface area contributed by atoms with Gasteiger partial charge < -0.3 is 0 Å². The molecule has 0 amide bonds. The Kier molecular flexibility index (Phi) is 1.81. The van der Waals surface area contributed by atoms with Crippen molar-refractivity contribution in [1.29, 1.82) is 0 Å². The summed E-state index contributed by atoms with van der Waals surface area (Å²) in [4.78, 5) is 3.95. The molecule has 0 aromatic carbocycles. The van der Waals surface area contributed by atoms with E-state index in [1.165, 1.54) is 6.33 Å². The molecule has 0 saturated carbocycles. The maximum absolute atomic E-state index is 4.05. The second kappa shape index (κ2) is 2.34. The summed E-state index contributed by atoms with van der Waals surface area (Å²) in [6.07, 6.45) is 1.54. The minimum absolute atomic E-state index is 0.00926. The van der Waals surface area contributed by atoms with Gasteiger partial charge in [-0.3, -0.25) is 0 Å². The van der Waals surface area contributed by atoms with E-state index in [0.29, 0.717) is 0 Å². The highest BCUT2D eigenvalue weighted by Gasteiger charge is 2.16. The average molecular weight is 204 g/mol. The summed E-state index contributed by atoms with van der Waals surface area (Å²) in [5.74, 6) is 0. The molecule has 3 nitrogen and oxygen atoms in total. The van der Waals surface area contributed by atoms with Gasteiger partial charge in [0.1, 0.15) is 6.33 Å². The molecule has 4 heteroatoms. The van der Waals surface area contributed by atoms with Crippen LogP contribution in [-0.2, 0) is 5.54 Å². The molecule has 0 aliphatic rings. The maximum atomic E-state index is 4.05. The molecular weight excluding hydrogens is 194 g/mol. The van der Waals surface area contributed by atoms with E-state index in [4.69, 9.17) is 0 Å². The Morgan fingerprint density at radius 2 is 2.10 bits per heavy atom. The first-order valence-electron chi connectivity index (χ1n) is 3.08. The summed E-state index contributed by atoms with van der Waals surface area (Å²) in [5, 5.41) is 4.05. The fourth-order valence-electron chi connectivity index (χ4n) is 0.677. The third-order valence-corrected chi connectivity index (χ3v) is 1.68. The lowest BCUT2D eigenvalue weighted by atomic mass is 10.1. The van der Waals surface area contributed by atoms with Crippen LogP contribution < -0.4 is 0 Å². The SMILES string of the molecule is CC(C)(C)n1ncnc1Br. The summed E-state index contributed by atoms with van der Waals surface area (Å²) in [7, 11) is 0. The number of halogens is 1. The second-order valence-corrected chi connectivity index (χ2v) is 3.82. The van der Waals surface area contributed by atoms with Crippen LogP contribution in [0.1, 0.15) is 20.8 Å². The van der Waals surface area contributed by atoms with Crippen LogP contribution in [0.3, 0.4) is 0 Å².